The van der Waals surface area contributed by atoms with Crippen LogP contribution in [0.2, 0.25) is 0 Å². The van der Waals surface area contributed by atoms with E-state index in [1.807, 2.05) is 0 Å². The molecule has 0 amide bonds. The average Bonchev–Trinajstić information content (AvgIpc) is 2.89. The van der Waals surface area contributed by atoms with E-state index in [4.69, 9.17) is 5.73 Å². The van der Waals surface area contributed by atoms with Crippen LogP contribution in [0, 0.1) is 0 Å². The molecule has 0 aliphatic rings. The van der Waals surface area contributed by atoms with Crippen molar-refractivity contribution >= 4 is 23.7 Å². The zero-order valence-electron chi connectivity index (χ0n) is 10.2. The predicted molar refractivity (Wildman–Crippen MR) is 72.8 cm³/mol. The molecule has 0 aliphatic carbocycles. The molecule has 18 heavy (non-hydrogen) atoms. The summed E-state index contributed by atoms with van der Waals surface area (Å²) < 4.78 is 1.54. The van der Waals surface area contributed by atoms with Crippen LogP contribution in [-0.4, -0.2) is 42.8 Å². The summed E-state index contributed by atoms with van der Waals surface area (Å²) in [5.74, 6) is 1.05. The number of anilines is 2. The molecular weight excluding hydrogens is 250 g/mol. The van der Waals surface area contributed by atoms with Crippen LogP contribution in [0.25, 0.3) is 5.95 Å². The number of nitrogens with zero attached hydrogens (tertiary/aromatic N) is 5. The Morgan fingerprint density at radius 1 is 1.44 bits per heavy atom. The molecule has 0 bridgehead atoms. The molecule has 0 saturated heterocycles. The fourth-order valence-corrected chi connectivity index (χ4v) is 1.52. The normalized spacial score (nSPS) is 12.3. The number of nitrogens with one attached hydrogen (secondary N) is 1. The van der Waals surface area contributed by atoms with Crippen molar-refractivity contribution in [1.82, 2.24) is 24.7 Å². The Bertz CT molecular complexity index is 499. The average molecular weight is 265 g/mol. The zero-order valence-corrected chi connectivity index (χ0v) is 11.1. The first-order valence-corrected chi connectivity index (χ1v) is 6.76. The lowest BCUT2D eigenvalue weighted by Crippen LogP contribution is -2.17. The molecule has 2 heterocycles. The van der Waals surface area contributed by atoms with Gasteiger partial charge in [0.05, 0.1) is 0 Å². The molecule has 0 fully saturated rings. The van der Waals surface area contributed by atoms with Crippen molar-refractivity contribution in [3.05, 3.63) is 18.5 Å². The first kappa shape index (κ1) is 12.6. The molecule has 0 radical (unpaired) electrons. The van der Waals surface area contributed by atoms with E-state index in [9.17, 15) is 0 Å². The van der Waals surface area contributed by atoms with E-state index < -0.39 is 0 Å². The third kappa shape index (κ3) is 3.10. The van der Waals surface area contributed by atoms with Gasteiger partial charge in [0.15, 0.2) is 0 Å². The van der Waals surface area contributed by atoms with E-state index >= 15 is 0 Å². The molecule has 0 spiro atoms. The fraction of sp³-hybridized carbons (Fsp3) is 0.400. The van der Waals surface area contributed by atoms with E-state index in [1.165, 1.54) is 0 Å². The molecule has 3 N–H and O–H groups in total. The minimum Gasteiger partial charge on any atom is -0.368 e. The van der Waals surface area contributed by atoms with Crippen LogP contribution in [0.5, 0.6) is 0 Å². The lowest BCUT2D eigenvalue weighted by atomic mass is 10.5. The Balaban J connectivity index is 2.17. The van der Waals surface area contributed by atoms with E-state index in [0.717, 1.165) is 6.54 Å². The largest absolute Gasteiger partial charge is 0.368 e. The molecule has 8 heteroatoms. The maximum Gasteiger partial charge on any atom is 0.257 e. The number of nitrogen functional groups attached to an aromatic ring is 1. The summed E-state index contributed by atoms with van der Waals surface area (Å²) in [5.41, 5.74) is 5.66. The minimum absolute atomic E-state index is 0.176. The summed E-state index contributed by atoms with van der Waals surface area (Å²) in [7, 11) is 0. The van der Waals surface area contributed by atoms with Crippen LogP contribution >= 0.6 is 11.8 Å². The summed E-state index contributed by atoms with van der Waals surface area (Å²) in [5, 5.41) is 7.66. The van der Waals surface area contributed by atoms with Crippen LogP contribution in [0.15, 0.2) is 18.5 Å². The van der Waals surface area contributed by atoms with Gasteiger partial charge in [-0.3, -0.25) is 0 Å². The van der Waals surface area contributed by atoms with Crippen molar-refractivity contribution < 1.29 is 0 Å². The Hall–Kier alpha value is -1.83. The van der Waals surface area contributed by atoms with E-state index in [-0.39, 0.29) is 5.95 Å². The molecule has 7 nitrogen and oxygen atoms in total. The van der Waals surface area contributed by atoms with Crippen molar-refractivity contribution in [3.63, 3.8) is 0 Å². The Morgan fingerprint density at radius 2 is 2.28 bits per heavy atom. The number of aromatic nitrogens is 5. The highest BCUT2D eigenvalue weighted by Crippen LogP contribution is 2.09. The molecule has 0 aliphatic heterocycles. The summed E-state index contributed by atoms with van der Waals surface area (Å²) >= 11 is 1.77. The molecule has 2 rings (SSSR count). The van der Waals surface area contributed by atoms with Gasteiger partial charge in [-0.2, -0.15) is 31.8 Å². The maximum absolute atomic E-state index is 5.66. The van der Waals surface area contributed by atoms with Gasteiger partial charge in [-0.05, 0) is 12.3 Å². The molecular formula is C10H15N7S. The van der Waals surface area contributed by atoms with E-state index in [1.54, 1.807) is 34.9 Å². The van der Waals surface area contributed by atoms with Gasteiger partial charge < -0.3 is 11.1 Å². The van der Waals surface area contributed by atoms with Gasteiger partial charge in [-0.25, -0.2) is 4.68 Å². The quantitative estimate of drug-likeness (QED) is 0.825. The van der Waals surface area contributed by atoms with E-state index in [2.05, 4.69) is 38.5 Å². The van der Waals surface area contributed by atoms with Crippen LogP contribution in [0.3, 0.4) is 0 Å². The highest BCUT2D eigenvalue weighted by molar-refractivity contribution is 7.99. The first-order chi connectivity index (χ1) is 8.69. The molecule has 1 atom stereocenters. The first-order valence-electron chi connectivity index (χ1n) is 5.47. The number of rotatable bonds is 5. The maximum atomic E-state index is 5.66. The monoisotopic (exact) mass is 265 g/mol. The van der Waals surface area contributed by atoms with E-state index in [0.29, 0.717) is 17.1 Å². The lowest BCUT2D eigenvalue weighted by Gasteiger charge is -2.10. The second-order valence-corrected chi connectivity index (χ2v) is 4.97. The van der Waals surface area contributed by atoms with Crippen molar-refractivity contribution in [2.75, 3.05) is 23.9 Å². The van der Waals surface area contributed by atoms with Gasteiger partial charge in [0.1, 0.15) is 0 Å². The summed E-state index contributed by atoms with van der Waals surface area (Å²) in [6, 6.07) is 1.79. The highest BCUT2D eigenvalue weighted by atomic mass is 32.2. The third-order valence-corrected chi connectivity index (χ3v) is 3.27. The third-order valence-electron chi connectivity index (χ3n) is 2.30. The number of hydrogen-bond acceptors (Lipinski definition) is 7. The van der Waals surface area contributed by atoms with Gasteiger partial charge in [0.25, 0.3) is 5.95 Å². The molecule has 0 saturated carbocycles. The minimum atomic E-state index is 0.176. The molecule has 1 unspecified atom stereocenters. The van der Waals surface area contributed by atoms with Gasteiger partial charge in [-0.15, -0.1) is 0 Å². The standard InChI is InChI=1S/C10H15N7S/c1-7(18-2)6-12-9-14-8(11)15-10(16-9)17-5-3-4-13-17/h3-5,7H,6H2,1-2H3,(H3,11,12,14,15,16). The van der Waals surface area contributed by atoms with Crippen molar-refractivity contribution in [2.24, 2.45) is 0 Å². The SMILES string of the molecule is CSC(C)CNc1nc(N)nc(-n2cccn2)n1. The number of hydrogen-bond donors (Lipinski definition) is 2. The predicted octanol–water partition coefficient (Wildman–Crippen LogP) is 0.803. The molecule has 96 valence electrons. The van der Waals surface area contributed by atoms with Crippen LogP contribution in [0.4, 0.5) is 11.9 Å². The van der Waals surface area contributed by atoms with Gasteiger partial charge in [-0.1, -0.05) is 6.92 Å². The van der Waals surface area contributed by atoms with Gasteiger partial charge in [0, 0.05) is 24.2 Å². The van der Waals surface area contributed by atoms with Crippen molar-refractivity contribution in [2.45, 2.75) is 12.2 Å². The van der Waals surface area contributed by atoms with Gasteiger partial charge in [0.2, 0.25) is 11.9 Å². The Labute approximate surface area is 109 Å². The second-order valence-electron chi connectivity index (χ2n) is 3.70. The Kier molecular flexibility index (Phi) is 3.98. The molecule has 2 aromatic rings. The summed E-state index contributed by atoms with van der Waals surface area (Å²) in [6.07, 6.45) is 5.47. The number of nitrogens with two attached hydrogens (primary N) is 1. The zero-order chi connectivity index (χ0) is 13.0. The smallest absolute Gasteiger partial charge is 0.257 e. The van der Waals surface area contributed by atoms with Crippen molar-refractivity contribution in [3.8, 4) is 5.95 Å². The van der Waals surface area contributed by atoms with Crippen LogP contribution in [0.1, 0.15) is 6.92 Å². The lowest BCUT2D eigenvalue weighted by molar-refractivity contribution is 0.797. The van der Waals surface area contributed by atoms with Gasteiger partial charge >= 0.3 is 0 Å². The highest BCUT2D eigenvalue weighted by Gasteiger charge is 2.07. The number of thioether (sulfide) groups is 1. The van der Waals surface area contributed by atoms with Crippen molar-refractivity contribution in [1.29, 1.82) is 0 Å². The second kappa shape index (κ2) is 5.67. The van der Waals surface area contributed by atoms with Crippen LogP contribution < -0.4 is 11.1 Å². The fourth-order valence-electron chi connectivity index (χ4n) is 1.27. The summed E-state index contributed by atoms with van der Waals surface area (Å²) in [6.45, 7) is 2.89. The van der Waals surface area contributed by atoms with Crippen LogP contribution in [-0.2, 0) is 0 Å². The Morgan fingerprint density at radius 3 is 2.94 bits per heavy atom. The summed E-state index contributed by atoms with van der Waals surface area (Å²) in [4.78, 5) is 12.3. The molecule has 2 aromatic heterocycles. The molecule has 0 aromatic carbocycles. The topological polar surface area (TPSA) is 94.5 Å².